The molecule has 1 rings (SSSR count). The number of likely N-dealkylation sites (tertiary alicyclic amines) is 1. The first-order valence-corrected chi connectivity index (χ1v) is 6.81. The molecule has 0 N–H and O–H groups in total. The van der Waals surface area contributed by atoms with Crippen molar-refractivity contribution < 1.29 is 9.53 Å². The standard InChI is InChI=1S/C14H28N2O2/c1-10(2)12(14(17)18-6)13(15(3)4)11-7-8-16(5)9-11/h10-13H,7-9H2,1-6H3. The topological polar surface area (TPSA) is 32.8 Å². The fraction of sp³-hybridized carbons (Fsp3) is 0.929. The molecular formula is C14H28N2O2. The van der Waals surface area contributed by atoms with Crippen LogP contribution in [0.4, 0.5) is 0 Å². The lowest BCUT2D eigenvalue weighted by Gasteiger charge is -2.37. The fourth-order valence-electron chi connectivity index (χ4n) is 3.23. The van der Waals surface area contributed by atoms with E-state index in [9.17, 15) is 4.79 Å². The highest BCUT2D eigenvalue weighted by molar-refractivity contribution is 5.73. The van der Waals surface area contributed by atoms with Crippen LogP contribution in [0.25, 0.3) is 0 Å². The van der Waals surface area contributed by atoms with Gasteiger partial charge >= 0.3 is 5.97 Å². The van der Waals surface area contributed by atoms with Crippen LogP contribution in [0.1, 0.15) is 20.3 Å². The molecule has 0 bridgehead atoms. The molecule has 3 atom stereocenters. The molecule has 0 amide bonds. The molecule has 1 aliphatic rings. The number of rotatable bonds is 5. The van der Waals surface area contributed by atoms with Crippen LogP contribution in [0.5, 0.6) is 0 Å². The van der Waals surface area contributed by atoms with Crippen LogP contribution in [0.2, 0.25) is 0 Å². The number of esters is 1. The van der Waals surface area contributed by atoms with Gasteiger partial charge in [-0.3, -0.25) is 4.79 Å². The molecule has 0 saturated carbocycles. The van der Waals surface area contributed by atoms with E-state index in [-0.39, 0.29) is 17.9 Å². The van der Waals surface area contributed by atoms with Crippen molar-refractivity contribution in [3.05, 3.63) is 0 Å². The maximum absolute atomic E-state index is 12.1. The molecule has 18 heavy (non-hydrogen) atoms. The molecule has 4 nitrogen and oxygen atoms in total. The fourth-order valence-corrected chi connectivity index (χ4v) is 3.23. The zero-order valence-corrected chi connectivity index (χ0v) is 12.6. The van der Waals surface area contributed by atoms with Crippen LogP contribution in [0, 0.1) is 17.8 Å². The van der Waals surface area contributed by atoms with Gasteiger partial charge in [-0.25, -0.2) is 0 Å². The molecule has 0 aliphatic carbocycles. The summed E-state index contributed by atoms with van der Waals surface area (Å²) in [5.74, 6) is 0.743. The number of hydrogen-bond acceptors (Lipinski definition) is 4. The van der Waals surface area contributed by atoms with E-state index in [0.29, 0.717) is 11.8 Å². The molecule has 3 unspecified atom stereocenters. The summed E-state index contributed by atoms with van der Waals surface area (Å²) < 4.78 is 5.01. The summed E-state index contributed by atoms with van der Waals surface area (Å²) in [6.45, 7) is 6.41. The summed E-state index contributed by atoms with van der Waals surface area (Å²) in [5.41, 5.74) is 0. The molecular weight excluding hydrogens is 228 g/mol. The van der Waals surface area contributed by atoms with Crippen LogP contribution in [0.15, 0.2) is 0 Å². The van der Waals surface area contributed by atoms with Crippen LogP contribution in [-0.2, 0) is 9.53 Å². The minimum atomic E-state index is -0.0711. The van der Waals surface area contributed by atoms with Crippen molar-refractivity contribution in [3.8, 4) is 0 Å². The van der Waals surface area contributed by atoms with E-state index in [0.717, 1.165) is 13.1 Å². The quantitative estimate of drug-likeness (QED) is 0.695. The number of carbonyl (C=O) groups is 1. The van der Waals surface area contributed by atoms with Crippen molar-refractivity contribution in [1.29, 1.82) is 0 Å². The van der Waals surface area contributed by atoms with E-state index in [1.54, 1.807) is 0 Å². The molecule has 0 aromatic rings. The van der Waals surface area contributed by atoms with E-state index in [2.05, 4.69) is 44.8 Å². The summed E-state index contributed by atoms with van der Waals surface area (Å²) in [5, 5.41) is 0. The zero-order valence-electron chi connectivity index (χ0n) is 12.6. The Hall–Kier alpha value is -0.610. The average Bonchev–Trinajstić information content (AvgIpc) is 2.70. The largest absolute Gasteiger partial charge is 0.469 e. The minimum absolute atomic E-state index is 0.0403. The van der Waals surface area contributed by atoms with Crippen LogP contribution < -0.4 is 0 Å². The van der Waals surface area contributed by atoms with E-state index >= 15 is 0 Å². The smallest absolute Gasteiger partial charge is 0.310 e. The third-order valence-corrected chi connectivity index (χ3v) is 4.07. The Morgan fingerprint density at radius 3 is 2.33 bits per heavy atom. The summed E-state index contributed by atoms with van der Waals surface area (Å²) in [6, 6.07) is 0.266. The number of carbonyl (C=O) groups excluding carboxylic acids is 1. The van der Waals surface area contributed by atoms with Crippen LogP contribution in [0.3, 0.4) is 0 Å². The molecule has 1 fully saturated rings. The Balaban J connectivity index is 2.90. The monoisotopic (exact) mass is 256 g/mol. The van der Waals surface area contributed by atoms with Gasteiger partial charge in [-0.05, 0) is 45.9 Å². The van der Waals surface area contributed by atoms with Gasteiger partial charge in [0.2, 0.25) is 0 Å². The number of methoxy groups -OCH3 is 1. The Morgan fingerprint density at radius 1 is 1.39 bits per heavy atom. The van der Waals surface area contributed by atoms with Gasteiger partial charge in [-0.15, -0.1) is 0 Å². The first-order chi connectivity index (χ1) is 8.38. The first-order valence-electron chi connectivity index (χ1n) is 6.81. The SMILES string of the molecule is COC(=O)C(C(C)C)C(C1CCN(C)C1)N(C)C. The molecule has 1 saturated heterocycles. The lowest BCUT2D eigenvalue weighted by molar-refractivity contribution is -0.150. The molecule has 106 valence electrons. The van der Waals surface area contributed by atoms with Gasteiger partial charge in [0.1, 0.15) is 0 Å². The molecule has 4 heteroatoms. The summed E-state index contributed by atoms with van der Waals surface area (Å²) >= 11 is 0. The van der Waals surface area contributed by atoms with Crippen LogP contribution >= 0.6 is 0 Å². The zero-order chi connectivity index (χ0) is 13.9. The number of hydrogen-bond donors (Lipinski definition) is 0. The highest BCUT2D eigenvalue weighted by Gasteiger charge is 2.40. The lowest BCUT2D eigenvalue weighted by atomic mass is 9.80. The van der Waals surface area contributed by atoms with Gasteiger partial charge in [0.15, 0.2) is 0 Å². The normalized spacial score (nSPS) is 24.6. The Kier molecular flexibility index (Phi) is 5.60. The van der Waals surface area contributed by atoms with Gasteiger partial charge in [0, 0.05) is 12.6 Å². The summed E-state index contributed by atoms with van der Waals surface area (Å²) in [6.07, 6.45) is 1.17. The number of nitrogens with zero attached hydrogens (tertiary/aromatic N) is 2. The van der Waals surface area contributed by atoms with Crippen molar-refractivity contribution >= 4 is 5.97 Å². The molecule has 1 aliphatic heterocycles. The molecule has 0 radical (unpaired) electrons. The highest BCUT2D eigenvalue weighted by Crippen LogP contribution is 2.31. The molecule has 0 spiro atoms. The van der Waals surface area contributed by atoms with E-state index < -0.39 is 0 Å². The van der Waals surface area contributed by atoms with Crippen molar-refractivity contribution in [2.75, 3.05) is 41.3 Å². The maximum atomic E-state index is 12.1. The van der Waals surface area contributed by atoms with E-state index in [4.69, 9.17) is 4.74 Å². The van der Waals surface area contributed by atoms with Gasteiger partial charge < -0.3 is 14.5 Å². The molecule has 0 aromatic heterocycles. The van der Waals surface area contributed by atoms with Gasteiger partial charge in [-0.1, -0.05) is 13.8 Å². The number of ether oxygens (including phenoxy) is 1. The highest BCUT2D eigenvalue weighted by atomic mass is 16.5. The first kappa shape index (κ1) is 15.4. The Morgan fingerprint density at radius 2 is 2.00 bits per heavy atom. The van der Waals surface area contributed by atoms with Gasteiger partial charge in [0.25, 0.3) is 0 Å². The van der Waals surface area contributed by atoms with Crippen molar-refractivity contribution in [1.82, 2.24) is 9.80 Å². The third-order valence-electron chi connectivity index (χ3n) is 4.07. The second-order valence-electron chi connectivity index (χ2n) is 6.06. The van der Waals surface area contributed by atoms with Crippen molar-refractivity contribution in [3.63, 3.8) is 0 Å². The maximum Gasteiger partial charge on any atom is 0.310 e. The molecule has 0 aromatic carbocycles. The van der Waals surface area contributed by atoms with Crippen LogP contribution in [-0.4, -0.2) is 63.2 Å². The predicted octanol–water partition coefficient (Wildman–Crippen LogP) is 1.31. The predicted molar refractivity (Wildman–Crippen MR) is 73.4 cm³/mol. The van der Waals surface area contributed by atoms with E-state index in [1.807, 2.05) is 0 Å². The minimum Gasteiger partial charge on any atom is -0.469 e. The van der Waals surface area contributed by atoms with Gasteiger partial charge in [0.05, 0.1) is 13.0 Å². The summed E-state index contributed by atoms with van der Waals surface area (Å²) in [4.78, 5) is 16.6. The second-order valence-corrected chi connectivity index (χ2v) is 6.06. The summed E-state index contributed by atoms with van der Waals surface area (Å²) in [7, 11) is 7.78. The third kappa shape index (κ3) is 3.45. The average molecular weight is 256 g/mol. The Bertz CT molecular complexity index is 279. The Labute approximate surface area is 111 Å². The van der Waals surface area contributed by atoms with E-state index in [1.165, 1.54) is 13.5 Å². The molecule has 1 heterocycles. The van der Waals surface area contributed by atoms with Crippen molar-refractivity contribution in [2.24, 2.45) is 17.8 Å². The van der Waals surface area contributed by atoms with Crippen molar-refractivity contribution in [2.45, 2.75) is 26.3 Å². The van der Waals surface area contributed by atoms with Gasteiger partial charge in [-0.2, -0.15) is 0 Å². The lowest BCUT2D eigenvalue weighted by Crippen LogP contribution is -2.48. The second kappa shape index (κ2) is 6.53.